The second-order valence-corrected chi connectivity index (χ2v) is 6.25. The Morgan fingerprint density at radius 1 is 1.29 bits per heavy atom. The van der Waals surface area contributed by atoms with Crippen molar-refractivity contribution in [2.24, 2.45) is 7.05 Å². The highest BCUT2D eigenvalue weighted by molar-refractivity contribution is 6.09. The Bertz CT molecular complexity index is 997. The first kappa shape index (κ1) is 21.6. The SMILES string of the molecule is CCN(CC)CNc1nc2ccc(/C=C/C(=O)NO)cc2c2cn(C)nc12.Cl. The number of hydrogen-bond donors (Lipinski definition) is 3. The molecule has 0 fully saturated rings. The number of amides is 1. The van der Waals surface area contributed by atoms with E-state index in [9.17, 15) is 4.79 Å². The molecule has 0 aliphatic carbocycles. The van der Waals surface area contributed by atoms with Crippen LogP contribution in [0.25, 0.3) is 27.9 Å². The second kappa shape index (κ2) is 9.50. The molecule has 0 aliphatic heterocycles. The Morgan fingerprint density at radius 3 is 2.71 bits per heavy atom. The molecule has 0 saturated carbocycles. The molecule has 0 saturated heterocycles. The Hall–Kier alpha value is -2.68. The van der Waals surface area contributed by atoms with Crippen molar-refractivity contribution in [2.45, 2.75) is 13.8 Å². The van der Waals surface area contributed by atoms with Gasteiger partial charge in [0.15, 0.2) is 5.82 Å². The summed E-state index contributed by atoms with van der Waals surface area (Å²) in [5.41, 5.74) is 4.08. The van der Waals surface area contributed by atoms with Gasteiger partial charge in [0.1, 0.15) is 5.52 Å². The fourth-order valence-electron chi connectivity index (χ4n) is 2.97. The molecule has 3 aromatic rings. The molecule has 0 aliphatic rings. The van der Waals surface area contributed by atoms with Gasteiger partial charge in [-0.25, -0.2) is 10.5 Å². The maximum Gasteiger partial charge on any atom is 0.267 e. The number of aromatic nitrogens is 3. The third-order valence-corrected chi connectivity index (χ3v) is 4.50. The molecule has 0 radical (unpaired) electrons. The van der Waals surface area contributed by atoms with E-state index in [0.717, 1.165) is 46.3 Å². The summed E-state index contributed by atoms with van der Waals surface area (Å²) in [6.07, 6.45) is 4.88. The van der Waals surface area contributed by atoms with Crippen LogP contribution in [0.3, 0.4) is 0 Å². The zero-order chi connectivity index (χ0) is 19.4. The fourth-order valence-corrected chi connectivity index (χ4v) is 2.97. The molecule has 3 N–H and O–H groups in total. The van der Waals surface area contributed by atoms with E-state index >= 15 is 0 Å². The average molecular weight is 405 g/mol. The van der Waals surface area contributed by atoms with Crippen molar-refractivity contribution in [1.82, 2.24) is 25.1 Å². The number of hydrogen-bond acceptors (Lipinski definition) is 6. The summed E-state index contributed by atoms with van der Waals surface area (Å²) < 4.78 is 1.77. The van der Waals surface area contributed by atoms with Gasteiger partial charge in [0.05, 0.1) is 12.2 Å². The third-order valence-electron chi connectivity index (χ3n) is 4.50. The van der Waals surface area contributed by atoms with Gasteiger partial charge in [-0.15, -0.1) is 12.4 Å². The van der Waals surface area contributed by atoms with Crippen molar-refractivity contribution in [3.63, 3.8) is 0 Å². The van der Waals surface area contributed by atoms with Gasteiger partial charge in [0, 0.05) is 30.1 Å². The lowest BCUT2D eigenvalue weighted by molar-refractivity contribution is -0.124. The summed E-state index contributed by atoms with van der Waals surface area (Å²) in [6.45, 7) is 6.87. The minimum Gasteiger partial charge on any atom is -0.355 e. The first-order chi connectivity index (χ1) is 13.0. The molecule has 3 rings (SSSR count). The maximum atomic E-state index is 11.2. The van der Waals surface area contributed by atoms with E-state index in [1.807, 2.05) is 31.4 Å². The van der Waals surface area contributed by atoms with E-state index in [2.05, 4.69) is 29.2 Å². The minimum absolute atomic E-state index is 0. The lowest BCUT2D eigenvalue weighted by atomic mass is 10.1. The van der Waals surface area contributed by atoms with Crippen molar-refractivity contribution < 1.29 is 10.0 Å². The van der Waals surface area contributed by atoms with Crippen LogP contribution in [-0.2, 0) is 11.8 Å². The van der Waals surface area contributed by atoms with Crippen LogP contribution in [0.15, 0.2) is 30.5 Å². The maximum absolute atomic E-state index is 11.2. The van der Waals surface area contributed by atoms with Crippen LogP contribution < -0.4 is 10.8 Å². The highest BCUT2D eigenvalue weighted by atomic mass is 35.5. The summed E-state index contributed by atoms with van der Waals surface area (Å²) in [4.78, 5) is 18.2. The van der Waals surface area contributed by atoms with E-state index in [1.165, 1.54) is 6.08 Å². The van der Waals surface area contributed by atoms with Gasteiger partial charge in [-0.05, 0) is 36.9 Å². The molecule has 2 aromatic heterocycles. The van der Waals surface area contributed by atoms with Crippen LogP contribution in [0.4, 0.5) is 5.82 Å². The molecule has 0 unspecified atom stereocenters. The number of hydroxylamine groups is 1. The molecule has 1 amide bonds. The number of carbonyl (C=O) groups excluding carboxylic acids is 1. The molecule has 0 bridgehead atoms. The molecule has 0 spiro atoms. The number of benzene rings is 1. The number of anilines is 1. The van der Waals surface area contributed by atoms with Crippen molar-refractivity contribution in [2.75, 3.05) is 25.1 Å². The number of rotatable bonds is 7. The van der Waals surface area contributed by atoms with Crippen molar-refractivity contribution in [3.8, 4) is 0 Å². The number of halogens is 1. The van der Waals surface area contributed by atoms with Crippen molar-refractivity contribution in [1.29, 1.82) is 0 Å². The molecule has 2 heterocycles. The Balaban J connectivity index is 0.00000280. The van der Waals surface area contributed by atoms with Crippen LogP contribution in [0.1, 0.15) is 19.4 Å². The summed E-state index contributed by atoms with van der Waals surface area (Å²) in [5, 5.41) is 18.5. The zero-order valence-corrected chi connectivity index (χ0v) is 17.0. The third kappa shape index (κ3) is 4.59. The standard InChI is InChI=1S/C19H24N6O2.ClH/c1-4-25(5-2)12-20-19-18-15(11-24(3)22-18)14-10-13(6-8-16(14)21-19)7-9-17(26)23-27;/h6-11,27H,4-5,12H2,1-3H3,(H,20,21)(H,23,26);1H/b9-7+;. The van der Waals surface area contributed by atoms with Gasteiger partial charge >= 0.3 is 0 Å². The highest BCUT2D eigenvalue weighted by Crippen LogP contribution is 2.29. The number of nitrogens with one attached hydrogen (secondary N) is 2. The van der Waals surface area contributed by atoms with Crippen LogP contribution in [-0.4, -0.2) is 50.5 Å². The predicted octanol–water partition coefficient (Wildman–Crippen LogP) is 2.77. The van der Waals surface area contributed by atoms with E-state index in [1.54, 1.807) is 16.2 Å². The smallest absolute Gasteiger partial charge is 0.267 e. The minimum atomic E-state index is -0.573. The molecule has 28 heavy (non-hydrogen) atoms. The summed E-state index contributed by atoms with van der Waals surface area (Å²) in [5.74, 6) is 0.184. The van der Waals surface area contributed by atoms with Gasteiger partial charge in [0.25, 0.3) is 5.91 Å². The Morgan fingerprint density at radius 2 is 2.04 bits per heavy atom. The number of pyridine rings is 1. The molecular formula is C19H25ClN6O2. The largest absolute Gasteiger partial charge is 0.355 e. The number of carbonyl (C=O) groups is 1. The van der Waals surface area contributed by atoms with Gasteiger partial charge in [-0.2, -0.15) is 5.10 Å². The summed E-state index contributed by atoms with van der Waals surface area (Å²) >= 11 is 0. The molecular weight excluding hydrogens is 380 g/mol. The quantitative estimate of drug-likeness (QED) is 0.242. The molecule has 1 aromatic carbocycles. The van der Waals surface area contributed by atoms with Crippen LogP contribution >= 0.6 is 12.4 Å². The number of aryl methyl sites for hydroxylation is 1. The van der Waals surface area contributed by atoms with Gasteiger partial charge in [-0.1, -0.05) is 19.9 Å². The van der Waals surface area contributed by atoms with Gasteiger partial charge < -0.3 is 5.32 Å². The normalized spacial score (nSPS) is 11.3. The molecule has 150 valence electrons. The van der Waals surface area contributed by atoms with Crippen molar-refractivity contribution >= 4 is 52.0 Å². The van der Waals surface area contributed by atoms with Gasteiger partial charge in [0.2, 0.25) is 0 Å². The average Bonchev–Trinajstić information content (AvgIpc) is 3.08. The highest BCUT2D eigenvalue weighted by Gasteiger charge is 2.13. The predicted molar refractivity (Wildman–Crippen MR) is 114 cm³/mol. The van der Waals surface area contributed by atoms with Crippen LogP contribution in [0.2, 0.25) is 0 Å². The number of fused-ring (bicyclic) bond motifs is 3. The molecule has 8 nitrogen and oxygen atoms in total. The Labute approximate surface area is 169 Å². The first-order valence-corrected chi connectivity index (χ1v) is 8.91. The van der Waals surface area contributed by atoms with E-state index in [0.29, 0.717) is 6.67 Å². The van der Waals surface area contributed by atoms with Crippen molar-refractivity contribution in [3.05, 3.63) is 36.0 Å². The molecule has 0 atom stereocenters. The summed E-state index contributed by atoms with van der Waals surface area (Å²) in [7, 11) is 1.88. The molecule has 9 heteroatoms. The number of nitrogens with zero attached hydrogens (tertiary/aromatic N) is 4. The van der Waals surface area contributed by atoms with Crippen LogP contribution in [0, 0.1) is 0 Å². The zero-order valence-electron chi connectivity index (χ0n) is 16.1. The first-order valence-electron chi connectivity index (χ1n) is 8.91. The second-order valence-electron chi connectivity index (χ2n) is 6.25. The lowest BCUT2D eigenvalue weighted by Gasteiger charge is -2.19. The Kier molecular flexibility index (Phi) is 7.33. The van der Waals surface area contributed by atoms with E-state index in [-0.39, 0.29) is 12.4 Å². The fraction of sp³-hybridized carbons (Fsp3) is 0.316. The lowest BCUT2D eigenvalue weighted by Crippen LogP contribution is -2.29. The monoisotopic (exact) mass is 404 g/mol. The van der Waals surface area contributed by atoms with Crippen LogP contribution in [0.5, 0.6) is 0 Å². The summed E-state index contributed by atoms with van der Waals surface area (Å²) in [6, 6.07) is 5.76. The van der Waals surface area contributed by atoms with E-state index in [4.69, 9.17) is 10.2 Å². The van der Waals surface area contributed by atoms with E-state index < -0.39 is 5.91 Å². The topological polar surface area (TPSA) is 95.3 Å². The van der Waals surface area contributed by atoms with Gasteiger partial charge in [-0.3, -0.25) is 19.6 Å².